The van der Waals surface area contributed by atoms with Gasteiger partial charge in [0.2, 0.25) is 0 Å². The molecule has 4 rings (SSSR count). The van der Waals surface area contributed by atoms with Crippen molar-refractivity contribution in [1.82, 2.24) is 4.57 Å². The number of carboxylic acids is 1. The standard InChI is InChI=1S/C25H19BrF3NO4/c1-14(2)33-17-9-5-16(6-10-17)30-21-12-11-19(13-20(21)22(26)23(30)24(31)32)34-18-7-3-15(4-8-18)25(27,28)29/h3-14H,1-2H3,(H,31,32). The zero-order valence-electron chi connectivity index (χ0n) is 18.1. The summed E-state index contributed by atoms with van der Waals surface area (Å²) in [6.45, 7) is 3.83. The number of hydrogen-bond donors (Lipinski definition) is 1. The summed E-state index contributed by atoms with van der Waals surface area (Å²) in [4.78, 5) is 12.1. The molecule has 0 unspecified atom stereocenters. The predicted molar refractivity (Wildman–Crippen MR) is 125 cm³/mol. The van der Waals surface area contributed by atoms with Crippen LogP contribution in [0.5, 0.6) is 17.2 Å². The van der Waals surface area contributed by atoms with E-state index in [0.29, 0.717) is 32.6 Å². The maximum atomic E-state index is 12.8. The van der Waals surface area contributed by atoms with E-state index in [-0.39, 0.29) is 17.5 Å². The van der Waals surface area contributed by atoms with Crippen LogP contribution in [-0.2, 0) is 6.18 Å². The Kier molecular flexibility index (Phi) is 6.31. The highest BCUT2D eigenvalue weighted by Crippen LogP contribution is 2.38. The van der Waals surface area contributed by atoms with Gasteiger partial charge in [-0.15, -0.1) is 0 Å². The monoisotopic (exact) mass is 533 g/mol. The zero-order valence-corrected chi connectivity index (χ0v) is 19.6. The van der Waals surface area contributed by atoms with E-state index in [0.717, 1.165) is 12.1 Å². The van der Waals surface area contributed by atoms with Crippen molar-refractivity contribution in [2.24, 2.45) is 0 Å². The number of fused-ring (bicyclic) bond motifs is 1. The molecule has 4 aromatic rings. The van der Waals surface area contributed by atoms with Crippen LogP contribution in [-0.4, -0.2) is 21.7 Å². The number of halogens is 4. The van der Waals surface area contributed by atoms with Crippen molar-refractivity contribution >= 4 is 32.8 Å². The molecule has 1 N–H and O–H groups in total. The lowest BCUT2D eigenvalue weighted by molar-refractivity contribution is -0.137. The quantitative estimate of drug-likeness (QED) is 0.276. The van der Waals surface area contributed by atoms with Gasteiger partial charge in [-0.05, 0) is 96.5 Å². The van der Waals surface area contributed by atoms with E-state index in [2.05, 4.69) is 15.9 Å². The van der Waals surface area contributed by atoms with Crippen LogP contribution in [0.2, 0.25) is 0 Å². The number of benzene rings is 3. The van der Waals surface area contributed by atoms with E-state index in [9.17, 15) is 23.1 Å². The minimum atomic E-state index is -4.43. The van der Waals surface area contributed by atoms with Gasteiger partial charge in [-0.25, -0.2) is 4.79 Å². The zero-order chi connectivity index (χ0) is 24.6. The molecule has 3 aromatic carbocycles. The van der Waals surface area contributed by atoms with E-state index in [1.807, 2.05) is 13.8 Å². The lowest BCUT2D eigenvalue weighted by Crippen LogP contribution is -2.08. The van der Waals surface area contributed by atoms with Crippen LogP contribution >= 0.6 is 15.9 Å². The first-order valence-corrected chi connectivity index (χ1v) is 11.0. The third-order valence-corrected chi connectivity index (χ3v) is 5.77. The molecule has 0 radical (unpaired) electrons. The van der Waals surface area contributed by atoms with Crippen LogP contribution in [0.1, 0.15) is 29.9 Å². The van der Waals surface area contributed by atoms with Crippen molar-refractivity contribution in [3.8, 4) is 22.9 Å². The van der Waals surface area contributed by atoms with E-state index in [1.165, 1.54) is 12.1 Å². The van der Waals surface area contributed by atoms with E-state index < -0.39 is 17.7 Å². The summed E-state index contributed by atoms with van der Waals surface area (Å²) in [7, 11) is 0. The van der Waals surface area contributed by atoms with Crippen LogP contribution in [0.3, 0.4) is 0 Å². The second-order valence-electron chi connectivity index (χ2n) is 7.77. The summed E-state index contributed by atoms with van der Waals surface area (Å²) in [5, 5.41) is 10.5. The van der Waals surface area contributed by atoms with Crippen molar-refractivity contribution < 1.29 is 32.5 Å². The van der Waals surface area contributed by atoms with E-state index in [4.69, 9.17) is 9.47 Å². The fourth-order valence-electron chi connectivity index (χ4n) is 3.55. The van der Waals surface area contributed by atoms with Crippen molar-refractivity contribution in [3.05, 3.63) is 82.5 Å². The molecule has 34 heavy (non-hydrogen) atoms. The molecular weight excluding hydrogens is 515 g/mol. The maximum absolute atomic E-state index is 12.8. The molecule has 0 amide bonds. The Morgan fingerprint density at radius 2 is 1.53 bits per heavy atom. The van der Waals surface area contributed by atoms with Gasteiger partial charge in [-0.3, -0.25) is 0 Å². The molecule has 0 aliphatic heterocycles. The van der Waals surface area contributed by atoms with Crippen molar-refractivity contribution in [3.63, 3.8) is 0 Å². The lowest BCUT2D eigenvalue weighted by atomic mass is 10.2. The largest absolute Gasteiger partial charge is 0.491 e. The molecule has 0 aliphatic rings. The summed E-state index contributed by atoms with van der Waals surface area (Å²) in [6.07, 6.45) is -4.43. The highest BCUT2D eigenvalue weighted by atomic mass is 79.9. The highest BCUT2D eigenvalue weighted by molar-refractivity contribution is 9.10. The predicted octanol–water partition coefficient (Wildman–Crippen LogP) is 7.69. The van der Waals surface area contributed by atoms with Crippen molar-refractivity contribution in [2.75, 3.05) is 0 Å². The first-order valence-electron chi connectivity index (χ1n) is 10.2. The SMILES string of the molecule is CC(C)Oc1ccc(-n2c(C(=O)O)c(Br)c3cc(Oc4ccc(C(F)(F)F)cc4)ccc32)cc1. The van der Waals surface area contributed by atoms with Crippen molar-refractivity contribution in [2.45, 2.75) is 26.1 Å². The summed E-state index contributed by atoms with van der Waals surface area (Å²) < 4.78 is 51.7. The highest BCUT2D eigenvalue weighted by Gasteiger charge is 2.30. The fourth-order valence-corrected chi connectivity index (χ4v) is 4.21. The van der Waals surface area contributed by atoms with Gasteiger partial charge < -0.3 is 19.1 Å². The molecule has 0 atom stereocenters. The third-order valence-electron chi connectivity index (χ3n) is 4.96. The Morgan fingerprint density at radius 3 is 2.09 bits per heavy atom. The molecule has 9 heteroatoms. The van der Waals surface area contributed by atoms with E-state index in [1.54, 1.807) is 47.0 Å². The van der Waals surface area contributed by atoms with Gasteiger partial charge in [0.25, 0.3) is 0 Å². The lowest BCUT2D eigenvalue weighted by Gasteiger charge is -2.12. The molecule has 0 saturated heterocycles. The van der Waals surface area contributed by atoms with Crippen LogP contribution in [0.25, 0.3) is 16.6 Å². The van der Waals surface area contributed by atoms with Crippen LogP contribution < -0.4 is 9.47 Å². The molecule has 0 fully saturated rings. The Morgan fingerprint density at radius 1 is 0.941 bits per heavy atom. The van der Waals surface area contributed by atoms with Gasteiger partial charge >= 0.3 is 12.1 Å². The van der Waals surface area contributed by atoms with Crippen LogP contribution in [0.4, 0.5) is 13.2 Å². The second-order valence-corrected chi connectivity index (χ2v) is 8.56. The minimum Gasteiger partial charge on any atom is -0.491 e. The van der Waals surface area contributed by atoms with Gasteiger partial charge in [-0.1, -0.05) is 0 Å². The molecule has 1 aromatic heterocycles. The topological polar surface area (TPSA) is 60.7 Å². The number of ether oxygens (including phenoxy) is 2. The molecule has 1 heterocycles. The van der Waals surface area contributed by atoms with Gasteiger partial charge in [0.1, 0.15) is 22.9 Å². The van der Waals surface area contributed by atoms with Gasteiger partial charge in [0.05, 0.1) is 21.7 Å². The maximum Gasteiger partial charge on any atom is 0.416 e. The normalized spacial score (nSPS) is 11.7. The summed E-state index contributed by atoms with van der Waals surface area (Å²) in [5.41, 5.74) is 0.493. The fraction of sp³-hybridized carbons (Fsp3) is 0.160. The summed E-state index contributed by atoms with van der Waals surface area (Å²) in [6, 6.07) is 16.4. The second kappa shape index (κ2) is 9.06. The molecule has 0 bridgehead atoms. The molecule has 0 saturated carbocycles. The van der Waals surface area contributed by atoms with Crippen LogP contribution in [0.15, 0.2) is 71.2 Å². The van der Waals surface area contributed by atoms with Gasteiger partial charge in [0, 0.05) is 11.1 Å². The number of aromatic nitrogens is 1. The molecule has 0 spiro atoms. The Balaban J connectivity index is 1.73. The molecular formula is C25H19BrF3NO4. The average molecular weight is 534 g/mol. The smallest absolute Gasteiger partial charge is 0.416 e. The molecule has 5 nitrogen and oxygen atoms in total. The number of hydrogen-bond acceptors (Lipinski definition) is 3. The molecule has 176 valence electrons. The number of rotatable bonds is 6. The first kappa shape index (κ1) is 23.7. The Hall–Kier alpha value is -3.46. The summed E-state index contributed by atoms with van der Waals surface area (Å²) in [5.74, 6) is 0.110. The number of alkyl halides is 3. The number of carbonyl (C=O) groups is 1. The number of carboxylic acid groups (broad SMARTS) is 1. The van der Waals surface area contributed by atoms with Crippen LogP contribution in [0, 0.1) is 0 Å². The average Bonchev–Trinajstić information content (AvgIpc) is 3.06. The van der Waals surface area contributed by atoms with E-state index >= 15 is 0 Å². The Bertz CT molecular complexity index is 1340. The van der Waals surface area contributed by atoms with Gasteiger partial charge in [0.15, 0.2) is 0 Å². The van der Waals surface area contributed by atoms with Gasteiger partial charge in [-0.2, -0.15) is 13.2 Å². The third kappa shape index (κ3) is 4.75. The number of aromatic carboxylic acids is 1. The first-order chi connectivity index (χ1) is 16.0. The molecule has 0 aliphatic carbocycles. The van der Waals surface area contributed by atoms with Crippen molar-refractivity contribution in [1.29, 1.82) is 0 Å². The summed E-state index contributed by atoms with van der Waals surface area (Å²) >= 11 is 3.39. The Labute approximate surface area is 201 Å². The minimum absolute atomic E-state index is 0.00469. The number of nitrogens with zero attached hydrogens (tertiary/aromatic N) is 1.